The average Bonchev–Trinajstić information content (AvgIpc) is 3.57. The Morgan fingerprint density at radius 2 is 0.943 bits per heavy atom. The minimum Gasteiger partial charge on any atom is -0.356 e. The maximum absolute atomic E-state index is 3.65. The van der Waals surface area contributed by atoms with E-state index < -0.39 is 0 Å². The predicted octanol–water partition coefficient (Wildman–Crippen LogP) is 15.3. The van der Waals surface area contributed by atoms with Crippen LogP contribution in [0.15, 0.2) is 127 Å². The van der Waals surface area contributed by atoms with Crippen LogP contribution in [0.1, 0.15) is 95.2 Å². The van der Waals surface area contributed by atoms with E-state index in [1.165, 1.54) is 130 Å². The van der Waals surface area contributed by atoms with Crippen LogP contribution in [0, 0.1) is 0 Å². The van der Waals surface area contributed by atoms with Gasteiger partial charge in [-0.05, 0) is 125 Å². The third-order valence-electron chi connectivity index (χ3n) is 10.9. The van der Waals surface area contributed by atoms with Crippen LogP contribution in [-0.2, 0) is 19.3 Å². The summed E-state index contributed by atoms with van der Waals surface area (Å²) >= 11 is 0. The van der Waals surface area contributed by atoms with Gasteiger partial charge in [-0.25, -0.2) is 0 Å². The number of aromatic amines is 1. The first kappa shape index (κ1) is 36.3. The Labute approximate surface area is 317 Å². The number of H-pyrrole nitrogens is 1. The number of hydrogen-bond acceptors (Lipinski definition) is 1. The highest BCUT2D eigenvalue weighted by Crippen LogP contribution is 2.37. The summed E-state index contributed by atoms with van der Waals surface area (Å²) in [5, 5.41) is 6.26. The summed E-state index contributed by atoms with van der Waals surface area (Å²) in [5.41, 5.74) is 16.9. The van der Waals surface area contributed by atoms with Gasteiger partial charge in [-0.3, -0.25) is 0 Å². The topological polar surface area (TPSA) is 27.8 Å². The van der Waals surface area contributed by atoms with Crippen LogP contribution in [0.3, 0.4) is 0 Å². The van der Waals surface area contributed by atoms with E-state index in [0.29, 0.717) is 0 Å². The first-order valence-corrected chi connectivity index (χ1v) is 20.4. The lowest BCUT2D eigenvalue weighted by Gasteiger charge is -2.18. The van der Waals surface area contributed by atoms with E-state index >= 15 is 0 Å². The van der Waals surface area contributed by atoms with Crippen molar-refractivity contribution in [2.45, 2.75) is 97.8 Å². The molecule has 2 heteroatoms. The van der Waals surface area contributed by atoms with Crippen LogP contribution in [0.4, 0.5) is 11.4 Å². The van der Waals surface area contributed by atoms with Gasteiger partial charge in [0, 0.05) is 33.2 Å². The molecule has 0 amide bonds. The second-order valence-corrected chi connectivity index (χ2v) is 14.9. The van der Waals surface area contributed by atoms with Crippen molar-refractivity contribution in [3.05, 3.63) is 144 Å². The van der Waals surface area contributed by atoms with Gasteiger partial charge >= 0.3 is 0 Å². The summed E-state index contributed by atoms with van der Waals surface area (Å²) in [7, 11) is 0. The monoisotopic (exact) mass is 696 g/mol. The smallest absolute Gasteiger partial charge is 0.0465 e. The van der Waals surface area contributed by atoms with Crippen molar-refractivity contribution in [3.8, 4) is 33.4 Å². The third kappa shape index (κ3) is 8.77. The molecule has 2 N–H and O–H groups in total. The van der Waals surface area contributed by atoms with E-state index in [1.807, 2.05) is 0 Å². The second-order valence-electron chi connectivity index (χ2n) is 14.9. The van der Waals surface area contributed by atoms with E-state index in [2.05, 4.69) is 158 Å². The Bertz CT molecular complexity index is 2220. The van der Waals surface area contributed by atoms with Gasteiger partial charge in [-0.1, -0.05) is 151 Å². The molecule has 270 valence electrons. The molecule has 0 fully saturated rings. The molecular formula is C51H56N2. The number of anilines is 2. The summed E-state index contributed by atoms with van der Waals surface area (Å²) in [6.45, 7) is 6.83. The Hall–Kier alpha value is -5.08. The van der Waals surface area contributed by atoms with Crippen molar-refractivity contribution >= 4 is 33.2 Å². The van der Waals surface area contributed by atoms with Crippen molar-refractivity contribution in [1.29, 1.82) is 0 Å². The molecule has 0 aliphatic rings. The van der Waals surface area contributed by atoms with Gasteiger partial charge in [0.2, 0.25) is 0 Å². The standard InChI is InChI=1S/C51H56N2/c1-4-7-9-11-16-41-35-48(43-28-33-51-49(36-43)46-18-13-14-19-50(46)53-51)42(17-12-10-8-5-2)34-47(41)40-26-31-45(32-27-40)52-44-29-24-39(25-30-44)38-22-20-37(15-6-3)21-23-38/h13-14,18-36,52-53H,4-12,15-17H2,1-3H3. The van der Waals surface area contributed by atoms with Gasteiger partial charge in [-0.2, -0.15) is 0 Å². The first-order chi connectivity index (χ1) is 26.1. The van der Waals surface area contributed by atoms with Crippen molar-refractivity contribution in [2.24, 2.45) is 0 Å². The highest BCUT2D eigenvalue weighted by molar-refractivity contribution is 6.08. The van der Waals surface area contributed by atoms with Crippen molar-refractivity contribution in [2.75, 3.05) is 5.32 Å². The van der Waals surface area contributed by atoms with Gasteiger partial charge in [-0.15, -0.1) is 0 Å². The Kier molecular flexibility index (Phi) is 12.1. The zero-order chi connectivity index (χ0) is 36.4. The second kappa shape index (κ2) is 17.6. The molecule has 2 nitrogen and oxygen atoms in total. The number of para-hydroxylation sites is 1. The maximum Gasteiger partial charge on any atom is 0.0465 e. The maximum atomic E-state index is 3.65. The number of aromatic nitrogens is 1. The third-order valence-corrected chi connectivity index (χ3v) is 10.9. The van der Waals surface area contributed by atoms with E-state index in [4.69, 9.17) is 0 Å². The van der Waals surface area contributed by atoms with Crippen LogP contribution in [0.5, 0.6) is 0 Å². The fraction of sp³-hybridized carbons (Fsp3) is 0.294. The Balaban J connectivity index is 1.18. The van der Waals surface area contributed by atoms with Crippen LogP contribution in [0.25, 0.3) is 55.2 Å². The molecule has 0 unspecified atom stereocenters. The molecule has 1 heterocycles. The average molecular weight is 697 g/mol. The highest BCUT2D eigenvalue weighted by Gasteiger charge is 2.15. The number of unbranched alkanes of at least 4 members (excludes halogenated alkanes) is 6. The summed E-state index contributed by atoms with van der Waals surface area (Å²) in [6.07, 6.45) is 14.6. The molecule has 6 aromatic carbocycles. The van der Waals surface area contributed by atoms with E-state index in [1.54, 1.807) is 0 Å². The lowest BCUT2D eigenvalue weighted by Crippen LogP contribution is -1.99. The van der Waals surface area contributed by atoms with Crippen molar-refractivity contribution in [1.82, 2.24) is 4.98 Å². The zero-order valence-electron chi connectivity index (χ0n) is 32.1. The van der Waals surface area contributed by atoms with E-state index in [0.717, 1.165) is 30.6 Å². The number of rotatable bonds is 17. The number of aryl methyl sites for hydroxylation is 3. The molecule has 0 spiro atoms. The SMILES string of the molecule is CCCCCCc1cc(-c2ccc3[nH]c4ccccc4c3c2)c(CCCCCC)cc1-c1ccc(Nc2ccc(-c3ccc(CCC)cc3)cc2)cc1. The van der Waals surface area contributed by atoms with Crippen LogP contribution in [-0.4, -0.2) is 4.98 Å². The summed E-state index contributed by atoms with van der Waals surface area (Å²) in [6, 6.07) is 47.8. The fourth-order valence-corrected chi connectivity index (χ4v) is 7.94. The highest BCUT2D eigenvalue weighted by atomic mass is 14.9. The van der Waals surface area contributed by atoms with E-state index in [-0.39, 0.29) is 0 Å². The van der Waals surface area contributed by atoms with Crippen LogP contribution < -0.4 is 5.32 Å². The molecule has 0 bridgehead atoms. The molecule has 7 aromatic rings. The Morgan fingerprint density at radius 3 is 1.55 bits per heavy atom. The van der Waals surface area contributed by atoms with Crippen LogP contribution in [0.2, 0.25) is 0 Å². The lowest BCUT2D eigenvalue weighted by atomic mass is 9.86. The molecular weight excluding hydrogens is 641 g/mol. The number of hydrogen-bond donors (Lipinski definition) is 2. The van der Waals surface area contributed by atoms with Crippen LogP contribution >= 0.6 is 0 Å². The van der Waals surface area contributed by atoms with Gasteiger partial charge < -0.3 is 10.3 Å². The normalized spacial score (nSPS) is 11.5. The largest absolute Gasteiger partial charge is 0.356 e. The number of nitrogens with one attached hydrogen (secondary N) is 2. The van der Waals surface area contributed by atoms with Gasteiger partial charge in [0.05, 0.1) is 0 Å². The molecule has 7 rings (SSSR count). The predicted molar refractivity (Wildman–Crippen MR) is 232 cm³/mol. The molecule has 0 atom stereocenters. The molecule has 1 aromatic heterocycles. The van der Waals surface area contributed by atoms with E-state index in [9.17, 15) is 0 Å². The minimum absolute atomic E-state index is 1.10. The fourth-order valence-electron chi connectivity index (χ4n) is 7.94. The van der Waals surface area contributed by atoms with Gasteiger partial charge in [0.25, 0.3) is 0 Å². The zero-order valence-corrected chi connectivity index (χ0v) is 32.1. The molecule has 0 saturated carbocycles. The molecule has 0 aliphatic heterocycles. The summed E-state index contributed by atoms with van der Waals surface area (Å²) in [4.78, 5) is 3.63. The molecule has 0 aliphatic carbocycles. The molecule has 53 heavy (non-hydrogen) atoms. The summed E-state index contributed by atoms with van der Waals surface area (Å²) < 4.78 is 0. The van der Waals surface area contributed by atoms with Gasteiger partial charge in [0.15, 0.2) is 0 Å². The first-order valence-electron chi connectivity index (χ1n) is 20.4. The molecule has 0 radical (unpaired) electrons. The Morgan fingerprint density at radius 1 is 0.415 bits per heavy atom. The number of fused-ring (bicyclic) bond motifs is 3. The van der Waals surface area contributed by atoms with Crippen molar-refractivity contribution in [3.63, 3.8) is 0 Å². The lowest BCUT2D eigenvalue weighted by molar-refractivity contribution is 0.664. The number of benzene rings is 6. The van der Waals surface area contributed by atoms with Gasteiger partial charge in [0.1, 0.15) is 0 Å². The molecule has 0 saturated heterocycles. The minimum atomic E-state index is 1.10. The van der Waals surface area contributed by atoms with Crippen molar-refractivity contribution < 1.29 is 0 Å². The quantitative estimate of drug-likeness (QED) is 0.0912. The summed E-state index contributed by atoms with van der Waals surface area (Å²) in [5.74, 6) is 0.